The van der Waals surface area contributed by atoms with E-state index in [0.29, 0.717) is 24.4 Å². The van der Waals surface area contributed by atoms with Gasteiger partial charge in [-0.15, -0.1) is 0 Å². The molecular formula is C32H32O4. The molecule has 0 radical (unpaired) electrons. The molecule has 4 heteroatoms. The molecule has 0 spiro atoms. The monoisotopic (exact) mass is 480 g/mol. The van der Waals surface area contributed by atoms with Crippen molar-refractivity contribution in [1.29, 1.82) is 0 Å². The molecule has 4 atom stereocenters. The van der Waals surface area contributed by atoms with Crippen molar-refractivity contribution >= 4 is 0 Å². The summed E-state index contributed by atoms with van der Waals surface area (Å²) < 4.78 is 20.4. The standard InChI is InChI=1S/4C8H8O/c4*1-2-4-7(5-3-1)8-6-9-8/h4*1-5,8H,6H2. The van der Waals surface area contributed by atoms with Crippen LogP contribution in [-0.4, -0.2) is 26.4 Å². The van der Waals surface area contributed by atoms with Crippen molar-refractivity contribution in [3.8, 4) is 0 Å². The minimum absolute atomic E-state index is 0.409. The van der Waals surface area contributed by atoms with E-state index in [9.17, 15) is 0 Å². The van der Waals surface area contributed by atoms with E-state index in [2.05, 4.69) is 48.5 Å². The molecule has 0 amide bonds. The Morgan fingerprint density at radius 1 is 0.306 bits per heavy atom. The van der Waals surface area contributed by atoms with E-state index in [1.807, 2.05) is 72.8 Å². The van der Waals surface area contributed by atoms with Crippen LogP contribution in [0.2, 0.25) is 0 Å². The highest BCUT2D eigenvalue weighted by Gasteiger charge is 2.25. The second-order valence-corrected chi connectivity index (χ2v) is 8.93. The number of epoxide rings is 4. The first-order valence-corrected chi connectivity index (χ1v) is 12.5. The van der Waals surface area contributed by atoms with Crippen LogP contribution in [-0.2, 0) is 18.9 Å². The second-order valence-electron chi connectivity index (χ2n) is 8.93. The number of hydrogen-bond acceptors (Lipinski definition) is 4. The average molecular weight is 481 g/mol. The lowest BCUT2D eigenvalue weighted by Crippen LogP contribution is -1.75. The molecule has 36 heavy (non-hydrogen) atoms. The van der Waals surface area contributed by atoms with Crippen molar-refractivity contribution in [1.82, 2.24) is 0 Å². The molecule has 8 rings (SSSR count). The number of benzene rings is 4. The van der Waals surface area contributed by atoms with Crippen LogP contribution in [0.1, 0.15) is 46.7 Å². The van der Waals surface area contributed by atoms with E-state index in [-0.39, 0.29) is 0 Å². The van der Waals surface area contributed by atoms with Gasteiger partial charge in [-0.25, -0.2) is 0 Å². The van der Waals surface area contributed by atoms with Crippen LogP contribution in [0.4, 0.5) is 0 Å². The molecule has 0 aliphatic carbocycles. The minimum Gasteiger partial charge on any atom is -0.368 e. The van der Waals surface area contributed by atoms with Gasteiger partial charge in [0.05, 0.1) is 26.4 Å². The average Bonchev–Trinajstić information content (AvgIpc) is 3.78. The summed E-state index contributed by atoms with van der Waals surface area (Å²) in [6.07, 6.45) is 1.63. The summed E-state index contributed by atoms with van der Waals surface area (Å²) in [5.41, 5.74) is 5.21. The largest absolute Gasteiger partial charge is 0.368 e. The van der Waals surface area contributed by atoms with E-state index in [0.717, 1.165) is 26.4 Å². The zero-order chi connectivity index (χ0) is 24.4. The van der Waals surface area contributed by atoms with Crippen molar-refractivity contribution in [3.63, 3.8) is 0 Å². The van der Waals surface area contributed by atoms with Gasteiger partial charge >= 0.3 is 0 Å². The first-order valence-electron chi connectivity index (χ1n) is 12.5. The lowest BCUT2D eigenvalue weighted by Gasteiger charge is -1.89. The predicted octanol–water partition coefficient (Wildman–Crippen LogP) is 7.03. The van der Waals surface area contributed by atoms with Crippen molar-refractivity contribution in [3.05, 3.63) is 144 Å². The Kier molecular flexibility index (Phi) is 8.55. The lowest BCUT2D eigenvalue weighted by molar-refractivity contribution is 0.415. The van der Waals surface area contributed by atoms with Gasteiger partial charge in [-0.2, -0.15) is 0 Å². The maximum Gasteiger partial charge on any atom is 0.106 e. The van der Waals surface area contributed by atoms with Crippen molar-refractivity contribution in [2.45, 2.75) is 24.4 Å². The van der Waals surface area contributed by atoms with Crippen LogP contribution in [0.15, 0.2) is 121 Å². The van der Waals surface area contributed by atoms with Gasteiger partial charge in [0.15, 0.2) is 0 Å². The highest BCUT2D eigenvalue weighted by molar-refractivity contribution is 5.22. The number of ether oxygens (including phenoxy) is 4. The third-order valence-electron chi connectivity index (χ3n) is 6.02. The molecule has 4 saturated heterocycles. The van der Waals surface area contributed by atoms with Crippen molar-refractivity contribution in [2.75, 3.05) is 26.4 Å². The first kappa shape index (κ1) is 24.4. The first-order chi connectivity index (χ1) is 17.9. The van der Waals surface area contributed by atoms with Gasteiger partial charge in [0.2, 0.25) is 0 Å². The fourth-order valence-electron chi connectivity index (χ4n) is 3.63. The van der Waals surface area contributed by atoms with Crippen LogP contribution < -0.4 is 0 Å². The summed E-state index contributed by atoms with van der Waals surface area (Å²) in [6.45, 7) is 3.63. The molecular weight excluding hydrogens is 448 g/mol. The minimum atomic E-state index is 0.409. The second kappa shape index (κ2) is 12.6. The van der Waals surface area contributed by atoms with Crippen LogP contribution in [0, 0.1) is 0 Å². The zero-order valence-electron chi connectivity index (χ0n) is 20.3. The van der Waals surface area contributed by atoms with Gasteiger partial charge in [-0.1, -0.05) is 121 Å². The van der Waals surface area contributed by atoms with Gasteiger partial charge in [0, 0.05) is 0 Å². The quantitative estimate of drug-likeness (QED) is 0.294. The molecule has 4 aromatic carbocycles. The summed E-state index contributed by atoms with van der Waals surface area (Å²) in [5.74, 6) is 0. The summed E-state index contributed by atoms with van der Waals surface area (Å²) in [7, 11) is 0. The summed E-state index contributed by atoms with van der Waals surface area (Å²) in [6, 6.07) is 41.1. The Hall–Kier alpha value is -3.28. The predicted molar refractivity (Wildman–Crippen MR) is 141 cm³/mol. The molecule has 4 aromatic rings. The van der Waals surface area contributed by atoms with Gasteiger partial charge in [0.25, 0.3) is 0 Å². The van der Waals surface area contributed by atoms with Crippen molar-refractivity contribution in [2.24, 2.45) is 0 Å². The van der Waals surface area contributed by atoms with E-state index < -0.39 is 0 Å². The maximum atomic E-state index is 5.09. The zero-order valence-corrected chi connectivity index (χ0v) is 20.3. The van der Waals surface area contributed by atoms with Crippen LogP contribution >= 0.6 is 0 Å². The van der Waals surface area contributed by atoms with Crippen molar-refractivity contribution < 1.29 is 18.9 Å². The fourth-order valence-corrected chi connectivity index (χ4v) is 3.63. The molecule has 4 fully saturated rings. The molecule has 184 valence electrons. The Bertz CT molecular complexity index is 946. The molecule has 0 bridgehead atoms. The highest BCUT2D eigenvalue weighted by atomic mass is 16.6. The van der Waals surface area contributed by atoms with Gasteiger partial charge in [-0.3, -0.25) is 0 Å². The molecule has 4 unspecified atom stereocenters. The van der Waals surface area contributed by atoms with E-state index in [1.165, 1.54) is 22.3 Å². The lowest BCUT2D eigenvalue weighted by atomic mass is 10.2. The van der Waals surface area contributed by atoms with E-state index >= 15 is 0 Å². The molecule has 4 heterocycles. The third kappa shape index (κ3) is 8.43. The van der Waals surface area contributed by atoms with Crippen LogP contribution in [0.25, 0.3) is 0 Å². The Balaban J connectivity index is 0.0000000988. The topological polar surface area (TPSA) is 50.1 Å². The molecule has 0 N–H and O–H groups in total. The smallest absolute Gasteiger partial charge is 0.106 e. The fraction of sp³-hybridized carbons (Fsp3) is 0.250. The third-order valence-corrected chi connectivity index (χ3v) is 6.02. The summed E-state index contributed by atoms with van der Waals surface area (Å²) >= 11 is 0. The molecule has 4 aliphatic heterocycles. The van der Waals surface area contributed by atoms with E-state index in [1.54, 1.807) is 0 Å². The molecule has 0 aromatic heterocycles. The Labute approximate surface area is 213 Å². The SMILES string of the molecule is c1ccc(C2CO2)cc1.c1ccc(C2CO2)cc1.c1ccc(C2CO2)cc1.c1ccc(C2CO2)cc1. The number of rotatable bonds is 4. The van der Waals surface area contributed by atoms with Crippen LogP contribution in [0.3, 0.4) is 0 Å². The Morgan fingerprint density at radius 2 is 0.472 bits per heavy atom. The van der Waals surface area contributed by atoms with Crippen LogP contribution in [0.5, 0.6) is 0 Å². The maximum absolute atomic E-state index is 5.09. The summed E-state index contributed by atoms with van der Waals surface area (Å²) in [4.78, 5) is 0. The van der Waals surface area contributed by atoms with Gasteiger partial charge in [-0.05, 0) is 22.3 Å². The molecule has 4 aliphatic rings. The van der Waals surface area contributed by atoms with Gasteiger partial charge < -0.3 is 18.9 Å². The number of hydrogen-bond donors (Lipinski definition) is 0. The Morgan fingerprint density at radius 3 is 0.611 bits per heavy atom. The normalized spacial score (nSPS) is 23.8. The molecule has 0 saturated carbocycles. The summed E-state index contributed by atoms with van der Waals surface area (Å²) in [5, 5.41) is 0. The van der Waals surface area contributed by atoms with Gasteiger partial charge in [0.1, 0.15) is 24.4 Å². The molecule has 4 nitrogen and oxygen atoms in total. The van der Waals surface area contributed by atoms with E-state index in [4.69, 9.17) is 18.9 Å². The highest BCUT2D eigenvalue weighted by Crippen LogP contribution is 2.30.